The second-order valence-electron chi connectivity index (χ2n) is 4.26. The number of hydrogen-bond acceptors (Lipinski definition) is 3. The van der Waals surface area contributed by atoms with Crippen molar-refractivity contribution >= 4 is 40.5 Å². The highest BCUT2D eigenvalue weighted by molar-refractivity contribution is 6.44. The van der Waals surface area contributed by atoms with Crippen LogP contribution in [0.25, 0.3) is 0 Å². The summed E-state index contributed by atoms with van der Waals surface area (Å²) >= 11 is 11.8. The Balaban J connectivity index is 2.34. The molecular formula is C14H10Cl2N2O3. The van der Waals surface area contributed by atoms with Crippen molar-refractivity contribution in [3.05, 3.63) is 67.7 Å². The van der Waals surface area contributed by atoms with Gasteiger partial charge >= 0.3 is 0 Å². The number of nitrogens with one attached hydrogen (secondary N) is 1. The molecule has 1 N–H and O–H groups in total. The third-order valence-corrected chi connectivity index (χ3v) is 3.77. The molecule has 0 saturated heterocycles. The van der Waals surface area contributed by atoms with E-state index < -0.39 is 10.8 Å². The van der Waals surface area contributed by atoms with Crippen LogP contribution in [-0.2, 0) is 0 Å². The van der Waals surface area contributed by atoms with Gasteiger partial charge in [0.2, 0.25) is 0 Å². The Hall–Kier alpha value is -2.11. The molecule has 0 radical (unpaired) electrons. The van der Waals surface area contributed by atoms with Crippen LogP contribution in [0.2, 0.25) is 10.0 Å². The van der Waals surface area contributed by atoms with Gasteiger partial charge in [-0.1, -0.05) is 35.3 Å². The Morgan fingerprint density at radius 3 is 2.52 bits per heavy atom. The second kappa shape index (κ2) is 6.11. The number of rotatable bonds is 3. The summed E-state index contributed by atoms with van der Waals surface area (Å²) in [5.41, 5.74) is 0.860. The Labute approximate surface area is 130 Å². The quantitative estimate of drug-likeness (QED) is 0.669. The van der Waals surface area contributed by atoms with Gasteiger partial charge in [-0.3, -0.25) is 14.9 Å². The first kappa shape index (κ1) is 15.3. The van der Waals surface area contributed by atoms with Crippen molar-refractivity contribution in [2.45, 2.75) is 6.92 Å². The monoisotopic (exact) mass is 324 g/mol. The molecule has 108 valence electrons. The highest BCUT2D eigenvalue weighted by Crippen LogP contribution is 2.28. The average molecular weight is 325 g/mol. The van der Waals surface area contributed by atoms with Crippen LogP contribution in [0.5, 0.6) is 0 Å². The van der Waals surface area contributed by atoms with Crippen LogP contribution >= 0.6 is 23.2 Å². The van der Waals surface area contributed by atoms with Crippen LogP contribution in [0.1, 0.15) is 15.9 Å². The minimum Gasteiger partial charge on any atom is -0.321 e. The van der Waals surface area contributed by atoms with Crippen LogP contribution < -0.4 is 5.32 Å². The van der Waals surface area contributed by atoms with Crippen LogP contribution in [0, 0.1) is 17.0 Å². The van der Waals surface area contributed by atoms with Gasteiger partial charge in [-0.15, -0.1) is 0 Å². The Morgan fingerprint density at radius 1 is 1.19 bits per heavy atom. The predicted molar refractivity (Wildman–Crippen MR) is 82.2 cm³/mol. The van der Waals surface area contributed by atoms with Gasteiger partial charge in [0.15, 0.2) is 0 Å². The van der Waals surface area contributed by atoms with Crippen molar-refractivity contribution in [1.29, 1.82) is 0 Å². The van der Waals surface area contributed by atoms with Gasteiger partial charge in [0.25, 0.3) is 11.6 Å². The van der Waals surface area contributed by atoms with Crippen molar-refractivity contribution < 1.29 is 9.72 Å². The molecule has 0 spiro atoms. The summed E-state index contributed by atoms with van der Waals surface area (Å²) in [6.45, 7) is 1.56. The molecule has 0 saturated carbocycles. The van der Waals surface area contributed by atoms with E-state index in [0.29, 0.717) is 11.3 Å². The lowest BCUT2D eigenvalue weighted by atomic mass is 10.1. The lowest BCUT2D eigenvalue weighted by Crippen LogP contribution is -2.13. The Bertz CT molecular complexity index is 732. The summed E-state index contributed by atoms with van der Waals surface area (Å²) in [6.07, 6.45) is 0. The van der Waals surface area contributed by atoms with Crippen molar-refractivity contribution in [2.75, 3.05) is 5.32 Å². The molecule has 0 aliphatic rings. The molecule has 0 aromatic heterocycles. The van der Waals surface area contributed by atoms with Crippen molar-refractivity contribution in [3.8, 4) is 0 Å². The molecule has 0 aliphatic heterocycles. The second-order valence-corrected chi connectivity index (χ2v) is 5.05. The van der Waals surface area contributed by atoms with E-state index in [1.165, 1.54) is 18.2 Å². The molecule has 2 aromatic carbocycles. The third kappa shape index (κ3) is 3.15. The first-order valence-electron chi connectivity index (χ1n) is 5.91. The van der Waals surface area contributed by atoms with E-state index in [1.807, 2.05) is 0 Å². The first-order valence-corrected chi connectivity index (χ1v) is 6.66. The fraction of sp³-hybridized carbons (Fsp3) is 0.0714. The van der Waals surface area contributed by atoms with E-state index in [1.54, 1.807) is 25.1 Å². The fourth-order valence-corrected chi connectivity index (χ4v) is 2.21. The molecule has 0 bridgehead atoms. The number of nitro groups is 1. The number of amides is 1. The summed E-state index contributed by atoms with van der Waals surface area (Å²) in [6, 6.07) is 9.15. The fourth-order valence-electron chi connectivity index (χ4n) is 1.83. The van der Waals surface area contributed by atoms with E-state index in [2.05, 4.69) is 5.32 Å². The number of carbonyl (C=O) groups is 1. The van der Waals surface area contributed by atoms with E-state index in [-0.39, 0.29) is 21.3 Å². The van der Waals surface area contributed by atoms with Gasteiger partial charge in [0.05, 0.1) is 31.8 Å². The SMILES string of the molecule is Cc1c(NC(=O)c2cccc(Cl)c2Cl)cccc1[N+](=O)[O-]. The molecule has 2 aromatic rings. The minimum absolute atomic E-state index is 0.0648. The normalized spacial score (nSPS) is 10.2. The van der Waals surface area contributed by atoms with Gasteiger partial charge in [-0.05, 0) is 25.1 Å². The molecule has 7 heteroatoms. The van der Waals surface area contributed by atoms with Gasteiger partial charge in [0, 0.05) is 6.07 Å². The highest BCUT2D eigenvalue weighted by Gasteiger charge is 2.17. The zero-order valence-corrected chi connectivity index (χ0v) is 12.4. The van der Waals surface area contributed by atoms with Gasteiger partial charge in [-0.2, -0.15) is 0 Å². The molecule has 0 atom stereocenters. The van der Waals surface area contributed by atoms with Crippen LogP contribution in [0.3, 0.4) is 0 Å². The molecule has 0 fully saturated rings. The maximum Gasteiger partial charge on any atom is 0.274 e. The molecule has 21 heavy (non-hydrogen) atoms. The molecule has 0 unspecified atom stereocenters. The van der Waals surface area contributed by atoms with Crippen LogP contribution in [0.4, 0.5) is 11.4 Å². The average Bonchev–Trinajstić information content (AvgIpc) is 2.43. The number of hydrogen-bond donors (Lipinski definition) is 1. The molecule has 0 aliphatic carbocycles. The summed E-state index contributed by atoms with van der Waals surface area (Å²) in [5.74, 6) is -0.480. The van der Waals surface area contributed by atoms with E-state index >= 15 is 0 Å². The van der Waals surface area contributed by atoms with Crippen molar-refractivity contribution in [1.82, 2.24) is 0 Å². The molecule has 0 heterocycles. The largest absolute Gasteiger partial charge is 0.321 e. The molecule has 2 rings (SSSR count). The van der Waals surface area contributed by atoms with Crippen LogP contribution in [0.15, 0.2) is 36.4 Å². The zero-order chi connectivity index (χ0) is 15.6. The van der Waals surface area contributed by atoms with Crippen molar-refractivity contribution in [2.24, 2.45) is 0 Å². The zero-order valence-electron chi connectivity index (χ0n) is 10.9. The summed E-state index contributed by atoms with van der Waals surface area (Å²) in [4.78, 5) is 22.6. The third-order valence-electron chi connectivity index (χ3n) is 2.95. The number of halogens is 2. The molecule has 1 amide bonds. The summed E-state index contributed by atoms with van der Waals surface area (Å²) in [5, 5.41) is 13.9. The number of nitrogens with zero attached hydrogens (tertiary/aromatic N) is 1. The van der Waals surface area contributed by atoms with Gasteiger partial charge in [-0.25, -0.2) is 0 Å². The van der Waals surface area contributed by atoms with E-state index in [4.69, 9.17) is 23.2 Å². The molecular weight excluding hydrogens is 315 g/mol. The summed E-state index contributed by atoms with van der Waals surface area (Å²) in [7, 11) is 0. The highest BCUT2D eigenvalue weighted by atomic mass is 35.5. The number of carbonyl (C=O) groups excluding carboxylic acids is 1. The van der Waals surface area contributed by atoms with Crippen molar-refractivity contribution in [3.63, 3.8) is 0 Å². The first-order chi connectivity index (χ1) is 9.91. The number of nitro benzene ring substituents is 1. The maximum absolute atomic E-state index is 12.2. The Kier molecular flexibility index (Phi) is 4.45. The van der Waals surface area contributed by atoms with Crippen LogP contribution in [-0.4, -0.2) is 10.8 Å². The van der Waals surface area contributed by atoms with Gasteiger partial charge < -0.3 is 5.32 Å². The standard InChI is InChI=1S/C14H10Cl2N2O3/c1-8-11(6-3-7-12(8)18(20)21)17-14(19)9-4-2-5-10(15)13(9)16/h2-7H,1H3,(H,17,19). The van der Waals surface area contributed by atoms with Gasteiger partial charge in [0.1, 0.15) is 0 Å². The minimum atomic E-state index is -0.503. The van der Waals surface area contributed by atoms with E-state index in [0.717, 1.165) is 0 Å². The smallest absolute Gasteiger partial charge is 0.274 e. The lowest BCUT2D eigenvalue weighted by molar-refractivity contribution is -0.385. The maximum atomic E-state index is 12.2. The topological polar surface area (TPSA) is 72.2 Å². The number of benzene rings is 2. The predicted octanol–water partition coefficient (Wildman–Crippen LogP) is 4.46. The Morgan fingerprint density at radius 2 is 1.86 bits per heavy atom. The summed E-state index contributed by atoms with van der Waals surface area (Å²) < 4.78 is 0. The van der Waals surface area contributed by atoms with E-state index in [9.17, 15) is 14.9 Å². The number of anilines is 1. The molecule has 5 nitrogen and oxygen atoms in total. The lowest BCUT2D eigenvalue weighted by Gasteiger charge is -2.10.